The van der Waals surface area contributed by atoms with Gasteiger partial charge in [-0.2, -0.15) is 0 Å². The number of nitrogens with zero attached hydrogens (tertiary/aromatic N) is 4. The van der Waals surface area contributed by atoms with E-state index in [9.17, 15) is 0 Å². The van der Waals surface area contributed by atoms with Crippen molar-refractivity contribution in [1.29, 1.82) is 0 Å². The number of rotatable bonds is 7. The Morgan fingerprint density at radius 3 is 1.04 bits per heavy atom. The largest absolute Gasteiger partial charge is 0.305 e. The van der Waals surface area contributed by atoms with Gasteiger partial charge in [-0.25, -0.2) is 0 Å². The first-order valence-electron chi connectivity index (χ1n) is 17.8. The van der Waals surface area contributed by atoms with Gasteiger partial charge in [0.25, 0.3) is 0 Å². The smallest absolute Gasteiger partial charge is 0.0346 e. The summed E-state index contributed by atoms with van der Waals surface area (Å²) in [6.45, 7) is 0. The first-order valence-corrected chi connectivity index (χ1v) is 17.8. The Morgan fingerprint density at radius 2 is 0.691 bits per heavy atom. The fraction of sp³-hybridized carbons (Fsp3) is 0. The topological polar surface area (TPSA) is 51.6 Å². The van der Waals surface area contributed by atoms with E-state index in [1.165, 1.54) is 0 Å². The fourth-order valence-electron chi connectivity index (χ4n) is 6.44. The molecule has 0 spiro atoms. The minimum absolute atomic E-state index is 0. The third-order valence-corrected chi connectivity index (χ3v) is 9.16. The third-order valence-electron chi connectivity index (χ3n) is 9.16. The monoisotopic (exact) mass is 884 g/mol. The Balaban J connectivity index is 0.000000305. The average molecular weight is 884 g/mol. The number of hydrogen-bond donors (Lipinski definition) is 0. The molecule has 0 N–H and O–H groups in total. The number of hydrogen-bond acceptors (Lipinski definition) is 4. The number of benzene rings is 5. The van der Waals surface area contributed by atoms with E-state index in [1.807, 2.05) is 97.8 Å². The Morgan fingerprint density at radius 1 is 0.309 bits per heavy atom. The van der Waals surface area contributed by atoms with Crippen molar-refractivity contribution in [2.45, 2.75) is 0 Å². The van der Waals surface area contributed by atoms with Crippen molar-refractivity contribution >= 4 is 0 Å². The van der Waals surface area contributed by atoms with Crippen molar-refractivity contribution < 1.29 is 20.1 Å². The Hall–Kier alpha value is -6.65. The molecule has 0 atom stereocenters. The first kappa shape index (κ1) is 36.7. The minimum atomic E-state index is 0. The molecule has 55 heavy (non-hydrogen) atoms. The molecule has 0 aliphatic heterocycles. The van der Waals surface area contributed by atoms with Crippen molar-refractivity contribution in [2.75, 3.05) is 0 Å². The molecule has 0 bridgehead atoms. The predicted octanol–water partition coefficient (Wildman–Crippen LogP) is 12.4. The zero-order chi connectivity index (χ0) is 36.4. The predicted molar refractivity (Wildman–Crippen MR) is 221 cm³/mol. The maximum absolute atomic E-state index is 4.33. The van der Waals surface area contributed by atoms with Crippen molar-refractivity contribution in [3.05, 3.63) is 219 Å². The van der Waals surface area contributed by atoms with Gasteiger partial charge in [-0.3, -0.25) is 15.0 Å². The zero-order valence-corrected chi connectivity index (χ0v) is 32.2. The molecular weight excluding hydrogens is 849 g/mol. The summed E-state index contributed by atoms with van der Waals surface area (Å²) in [6, 6.07) is 62.0. The Bertz CT molecular complexity index is 2300. The SMILES string of the molecule is [Ir].[c-]1ccccc1-c1ccccn1.c1cncc(-c2cccc(-c3cc(-c4cccc(-c5cccnc5)c4)cc(-c4cccc(-c5cccnc5)c4)c3)c2)c1. The molecule has 1 radical (unpaired) electrons. The summed E-state index contributed by atoms with van der Waals surface area (Å²) in [5.74, 6) is 0. The molecule has 0 saturated carbocycles. The molecule has 0 aliphatic rings. The van der Waals surface area contributed by atoms with Gasteiger partial charge in [-0.1, -0.05) is 84.9 Å². The van der Waals surface area contributed by atoms with Gasteiger partial charge < -0.3 is 4.98 Å². The molecule has 9 aromatic rings. The van der Waals surface area contributed by atoms with Crippen LogP contribution in [0.2, 0.25) is 0 Å². The van der Waals surface area contributed by atoms with Crippen molar-refractivity contribution in [2.24, 2.45) is 0 Å². The molecular formula is C50H35IrN4-. The summed E-state index contributed by atoms with van der Waals surface area (Å²) in [7, 11) is 0. The van der Waals surface area contributed by atoms with Crippen LogP contribution in [0.1, 0.15) is 0 Å². The van der Waals surface area contributed by atoms with E-state index in [0.717, 1.165) is 78.0 Å². The zero-order valence-electron chi connectivity index (χ0n) is 29.8. The second-order valence-corrected chi connectivity index (χ2v) is 12.8. The van der Waals surface area contributed by atoms with Crippen LogP contribution in [0, 0.1) is 6.07 Å². The number of aromatic nitrogens is 4. The molecule has 0 saturated heterocycles. The van der Waals surface area contributed by atoms with E-state index in [2.05, 4.69) is 135 Å². The van der Waals surface area contributed by atoms with E-state index in [4.69, 9.17) is 0 Å². The maximum atomic E-state index is 4.33. The molecule has 4 heterocycles. The van der Waals surface area contributed by atoms with Crippen molar-refractivity contribution in [3.8, 4) is 78.0 Å². The van der Waals surface area contributed by atoms with Gasteiger partial charge in [0.15, 0.2) is 0 Å². The second kappa shape index (κ2) is 17.9. The summed E-state index contributed by atoms with van der Waals surface area (Å²) in [5, 5.41) is 0. The standard InChI is InChI=1S/C39H27N3.C11H8N.Ir/c1-7-28(34-13-4-16-40-25-34)19-31(10-1)37-22-38(32-11-2-8-29(20-32)35-14-5-17-41-26-35)24-39(23-37)33-12-3-9-30(21-33)36-15-6-18-42-27-36;1-2-6-10(7-3-1)11-8-4-5-9-12-11;/h1-27H;1-6,8-9H;/q;-1;. The van der Waals surface area contributed by atoms with E-state index in [-0.39, 0.29) is 20.1 Å². The summed E-state index contributed by atoms with van der Waals surface area (Å²) >= 11 is 0. The quantitative estimate of drug-likeness (QED) is 0.150. The van der Waals surface area contributed by atoms with Crippen LogP contribution in [0.25, 0.3) is 78.0 Å². The summed E-state index contributed by atoms with van der Waals surface area (Å²) < 4.78 is 0. The van der Waals surface area contributed by atoms with Crippen LogP contribution < -0.4 is 0 Å². The van der Waals surface area contributed by atoms with Crippen LogP contribution in [-0.2, 0) is 20.1 Å². The van der Waals surface area contributed by atoms with E-state index >= 15 is 0 Å². The van der Waals surface area contributed by atoms with Gasteiger partial charge in [0.05, 0.1) is 0 Å². The van der Waals surface area contributed by atoms with Crippen molar-refractivity contribution in [3.63, 3.8) is 0 Å². The van der Waals surface area contributed by atoms with Crippen LogP contribution in [0.15, 0.2) is 213 Å². The molecule has 5 heteroatoms. The summed E-state index contributed by atoms with van der Waals surface area (Å²) in [6.07, 6.45) is 12.9. The van der Waals surface area contributed by atoms with E-state index in [0.29, 0.717) is 0 Å². The average Bonchev–Trinajstić information content (AvgIpc) is 3.28. The summed E-state index contributed by atoms with van der Waals surface area (Å²) in [5.41, 5.74) is 15.7. The first-order chi connectivity index (χ1) is 26.8. The van der Waals surface area contributed by atoms with Crippen LogP contribution in [-0.4, -0.2) is 19.9 Å². The molecule has 9 rings (SSSR count). The molecule has 0 unspecified atom stereocenters. The normalized spacial score (nSPS) is 10.4. The van der Waals surface area contributed by atoms with Gasteiger partial charge in [0.2, 0.25) is 0 Å². The van der Waals surface area contributed by atoms with Gasteiger partial charge >= 0.3 is 0 Å². The van der Waals surface area contributed by atoms with Crippen LogP contribution >= 0.6 is 0 Å². The molecule has 4 nitrogen and oxygen atoms in total. The third kappa shape index (κ3) is 9.12. The van der Waals surface area contributed by atoms with Crippen molar-refractivity contribution in [1.82, 2.24) is 19.9 Å². The second-order valence-electron chi connectivity index (χ2n) is 12.8. The molecule has 0 fully saturated rings. The number of pyridine rings is 4. The minimum Gasteiger partial charge on any atom is -0.305 e. The molecule has 4 aromatic heterocycles. The molecule has 0 amide bonds. The van der Waals surface area contributed by atoms with Crippen LogP contribution in [0.4, 0.5) is 0 Å². The molecule has 0 aliphatic carbocycles. The molecule has 5 aromatic carbocycles. The van der Waals surface area contributed by atoms with Crippen LogP contribution in [0.5, 0.6) is 0 Å². The van der Waals surface area contributed by atoms with Gasteiger partial charge in [-0.05, 0) is 116 Å². The van der Waals surface area contributed by atoms with Gasteiger partial charge in [0, 0.05) is 80.2 Å². The Kier molecular flexibility index (Phi) is 12.0. The van der Waals surface area contributed by atoms with E-state index in [1.54, 1.807) is 6.20 Å². The van der Waals surface area contributed by atoms with Gasteiger partial charge in [-0.15, -0.1) is 35.9 Å². The van der Waals surface area contributed by atoms with E-state index < -0.39 is 0 Å². The van der Waals surface area contributed by atoms with Gasteiger partial charge in [0.1, 0.15) is 0 Å². The summed E-state index contributed by atoms with van der Waals surface area (Å²) in [4.78, 5) is 17.2. The fourth-order valence-corrected chi connectivity index (χ4v) is 6.44. The maximum Gasteiger partial charge on any atom is 0.0346 e. The van der Waals surface area contributed by atoms with Crippen LogP contribution in [0.3, 0.4) is 0 Å². The molecule has 265 valence electrons. The Labute approximate surface area is 335 Å².